The lowest BCUT2D eigenvalue weighted by Gasteiger charge is -2.20. The van der Waals surface area contributed by atoms with Crippen LogP contribution in [0.2, 0.25) is 0 Å². The molecule has 96 valence electrons. The normalized spacial score (nSPS) is 24.1. The van der Waals surface area contributed by atoms with Crippen molar-refractivity contribution in [3.8, 4) is 0 Å². The first-order chi connectivity index (χ1) is 8.04. The monoisotopic (exact) mass is 236 g/mol. The molecule has 2 nitrogen and oxygen atoms in total. The minimum absolute atomic E-state index is 0.103. The van der Waals surface area contributed by atoms with Crippen LogP contribution in [0.15, 0.2) is 23.8 Å². The Kier molecular flexibility index (Phi) is 5.63. The summed E-state index contributed by atoms with van der Waals surface area (Å²) >= 11 is 0. The molecule has 0 saturated carbocycles. The zero-order chi connectivity index (χ0) is 12.8. The highest BCUT2D eigenvalue weighted by atomic mass is 16.3. The maximum atomic E-state index is 11.6. The van der Waals surface area contributed by atoms with Gasteiger partial charge in [0.05, 0.1) is 12.0 Å². The Hall–Kier alpha value is -0.890. The van der Waals surface area contributed by atoms with Crippen molar-refractivity contribution in [2.75, 3.05) is 0 Å². The summed E-state index contributed by atoms with van der Waals surface area (Å²) in [5.74, 6) is 0.348. The third kappa shape index (κ3) is 4.47. The van der Waals surface area contributed by atoms with Crippen molar-refractivity contribution < 1.29 is 9.90 Å². The number of allylic oxidation sites excluding steroid dienone is 4. The molecule has 1 N–H and O–H groups in total. The summed E-state index contributed by atoms with van der Waals surface area (Å²) in [5.41, 5.74) is 1.09. The van der Waals surface area contributed by atoms with E-state index in [0.29, 0.717) is 12.3 Å². The molecule has 17 heavy (non-hydrogen) atoms. The van der Waals surface area contributed by atoms with Crippen LogP contribution in [0.1, 0.15) is 46.5 Å². The molecule has 0 spiro atoms. The minimum Gasteiger partial charge on any atom is -0.392 e. The van der Waals surface area contributed by atoms with Crippen LogP contribution >= 0.6 is 0 Å². The van der Waals surface area contributed by atoms with Crippen molar-refractivity contribution >= 4 is 5.78 Å². The van der Waals surface area contributed by atoms with E-state index in [9.17, 15) is 9.90 Å². The Morgan fingerprint density at radius 1 is 1.53 bits per heavy atom. The van der Waals surface area contributed by atoms with Crippen molar-refractivity contribution in [3.05, 3.63) is 23.8 Å². The van der Waals surface area contributed by atoms with Crippen LogP contribution in [0.4, 0.5) is 0 Å². The second-order valence-corrected chi connectivity index (χ2v) is 5.23. The molecule has 0 fully saturated rings. The summed E-state index contributed by atoms with van der Waals surface area (Å²) in [7, 11) is 0. The number of aliphatic hydroxyl groups is 1. The van der Waals surface area contributed by atoms with Crippen LogP contribution in [-0.4, -0.2) is 17.0 Å². The van der Waals surface area contributed by atoms with Gasteiger partial charge in [0.15, 0.2) is 5.78 Å². The summed E-state index contributed by atoms with van der Waals surface area (Å²) < 4.78 is 0. The number of ketones is 1. The van der Waals surface area contributed by atoms with E-state index in [1.807, 2.05) is 6.92 Å². The van der Waals surface area contributed by atoms with Gasteiger partial charge in [0.25, 0.3) is 0 Å². The van der Waals surface area contributed by atoms with E-state index in [-0.39, 0.29) is 11.7 Å². The molecular formula is C15H24O2. The maximum absolute atomic E-state index is 11.6. The van der Waals surface area contributed by atoms with E-state index < -0.39 is 6.10 Å². The van der Waals surface area contributed by atoms with Crippen LogP contribution in [-0.2, 0) is 4.79 Å². The Morgan fingerprint density at radius 3 is 2.76 bits per heavy atom. The molecule has 0 radical (unpaired) electrons. The summed E-state index contributed by atoms with van der Waals surface area (Å²) in [6.45, 7) is 6.20. The molecule has 3 atom stereocenters. The van der Waals surface area contributed by atoms with E-state index >= 15 is 0 Å². The molecule has 1 aliphatic rings. The smallest absolute Gasteiger partial charge is 0.161 e. The molecule has 1 rings (SSSR count). The van der Waals surface area contributed by atoms with Gasteiger partial charge in [-0.2, -0.15) is 0 Å². The number of carbonyl (C=O) groups is 1. The molecular weight excluding hydrogens is 212 g/mol. The van der Waals surface area contributed by atoms with Crippen molar-refractivity contribution in [2.45, 2.75) is 52.6 Å². The maximum Gasteiger partial charge on any atom is 0.161 e. The topological polar surface area (TPSA) is 37.3 Å². The molecule has 2 heteroatoms. The average molecular weight is 236 g/mol. The van der Waals surface area contributed by atoms with Gasteiger partial charge in [-0.1, -0.05) is 31.6 Å². The molecule has 0 saturated heterocycles. The number of rotatable bonds is 6. The highest BCUT2D eigenvalue weighted by molar-refractivity contribution is 5.95. The van der Waals surface area contributed by atoms with Crippen LogP contribution < -0.4 is 0 Å². The lowest BCUT2D eigenvalue weighted by atomic mass is 9.89. The first-order valence-electron chi connectivity index (χ1n) is 6.58. The van der Waals surface area contributed by atoms with Gasteiger partial charge in [-0.25, -0.2) is 0 Å². The van der Waals surface area contributed by atoms with Crippen molar-refractivity contribution in [2.24, 2.45) is 11.8 Å². The molecule has 0 bridgehead atoms. The van der Waals surface area contributed by atoms with Gasteiger partial charge in [0, 0.05) is 0 Å². The molecule has 0 aliphatic heterocycles. The quantitative estimate of drug-likeness (QED) is 0.719. The zero-order valence-corrected chi connectivity index (χ0v) is 11.1. The largest absolute Gasteiger partial charge is 0.392 e. The number of hydrogen-bond acceptors (Lipinski definition) is 2. The van der Waals surface area contributed by atoms with Gasteiger partial charge in [-0.15, -0.1) is 0 Å². The van der Waals surface area contributed by atoms with E-state index in [0.717, 1.165) is 24.8 Å². The summed E-state index contributed by atoms with van der Waals surface area (Å²) in [6.07, 6.45) is 8.99. The lowest BCUT2D eigenvalue weighted by molar-refractivity contribution is -0.120. The molecule has 0 aromatic carbocycles. The molecule has 0 amide bonds. The van der Waals surface area contributed by atoms with E-state index in [1.54, 1.807) is 6.08 Å². The summed E-state index contributed by atoms with van der Waals surface area (Å²) in [5, 5.41) is 10.1. The van der Waals surface area contributed by atoms with Gasteiger partial charge in [-0.3, -0.25) is 4.79 Å². The second kappa shape index (κ2) is 6.75. The lowest BCUT2D eigenvalue weighted by Crippen LogP contribution is -2.26. The van der Waals surface area contributed by atoms with Crippen LogP contribution in [0.25, 0.3) is 0 Å². The van der Waals surface area contributed by atoms with Gasteiger partial charge in [-0.05, 0) is 44.6 Å². The number of hydrogen-bond donors (Lipinski definition) is 1. The van der Waals surface area contributed by atoms with Crippen molar-refractivity contribution in [1.82, 2.24) is 0 Å². The predicted molar refractivity (Wildman–Crippen MR) is 70.7 cm³/mol. The molecule has 1 aliphatic carbocycles. The fourth-order valence-corrected chi connectivity index (χ4v) is 2.35. The second-order valence-electron chi connectivity index (χ2n) is 5.23. The predicted octanol–water partition coefficient (Wildman–Crippen LogP) is 3.27. The first-order valence-corrected chi connectivity index (χ1v) is 6.58. The third-order valence-corrected chi connectivity index (χ3v) is 3.35. The van der Waals surface area contributed by atoms with Crippen molar-refractivity contribution in [3.63, 3.8) is 0 Å². The Bertz CT molecular complexity index is 315. The van der Waals surface area contributed by atoms with Crippen molar-refractivity contribution in [1.29, 1.82) is 0 Å². The summed E-state index contributed by atoms with van der Waals surface area (Å²) in [6, 6.07) is 0. The molecule has 0 aromatic heterocycles. The van der Waals surface area contributed by atoms with Crippen LogP contribution in [0.3, 0.4) is 0 Å². The van der Waals surface area contributed by atoms with Gasteiger partial charge < -0.3 is 5.11 Å². The fourth-order valence-electron chi connectivity index (χ4n) is 2.35. The first kappa shape index (κ1) is 14.2. The average Bonchev–Trinajstić information content (AvgIpc) is 2.58. The third-order valence-electron chi connectivity index (χ3n) is 3.35. The standard InChI is InChI=1S/C15H24O2/c1-4-5-6-7-11(2)9-14(16)13-8-12(3)10-15(13)17/h5-6,10-11,13-14,16H,4,7-9H2,1-3H3/b6-5-/t11-,13?,14?/m0/s1. The molecule has 0 heterocycles. The van der Waals surface area contributed by atoms with E-state index in [1.165, 1.54) is 0 Å². The van der Waals surface area contributed by atoms with E-state index in [2.05, 4.69) is 26.0 Å². The molecule has 2 unspecified atom stereocenters. The molecule has 0 aromatic rings. The Balaban J connectivity index is 2.37. The van der Waals surface area contributed by atoms with Gasteiger partial charge >= 0.3 is 0 Å². The fraction of sp³-hybridized carbons (Fsp3) is 0.667. The zero-order valence-electron chi connectivity index (χ0n) is 11.1. The Morgan fingerprint density at radius 2 is 2.24 bits per heavy atom. The van der Waals surface area contributed by atoms with Gasteiger partial charge in [0.2, 0.25) is 0 Å². The van der Waals surface area contributed by atoms with E-state index in [4.69, 9.17) is 0 Å². The van der Waals surface area contributed by atoms with Crippen LogP contribution in [0, 0.1) is 11.8 Å². The summed E-state index contributed by atoms with van der Waals surface area (Å²) in [4.78, 5) is 11.6. The highest BCUT2D eigenvalue weighted by Gasteiger charge is 2.30. The SMILES string of the molecule is CC/C=C\C[C@H](C)CC(O)C1CC(C)=CC1=O. The number of aliphatic hydroxyl groups excluding tert-OH is 1. The minimum atomic E-state index is -0.485. The Labute approximate surface area is 104 Å². The number of carbonyl (C=O) groups excluding carboxylic acids is 1. The van der Waals surface area contributed by atoms with Gasteiger partial charge in [0.1, 0.15) is 0 Å². The highest BCUT2D eigenvalue weighted by Crippen LogP contribution is 2.28. The van der Waals surface area contributed by atoms with Crippen LogP contribution in [0.5, 0.6) is 0 Å².